The van der Waals surface area contributed by atoms with Crippen molar-refractivity contribution < 1.29 is 5.11 Å². The highest BCUT2D eigenvalue weighted by Gasteiger charge is 2.11. The molecule has 0 aliphatic rings. The van der Waals surface area contributed by atoms with Crippen molar-refractivity contribution in [1.29, 1.82) is 0 Å². The van der Waals surface area contributed by atoms with Crippen LogP contribution in [-0.4, -0.2) is 21.0 Å². The highest BCUT2D eigenvalue weighted by Crippen LogP contribution is 2.22. The summed E-state index contributed by atoms with van der Waals surface area (Å²) in [5.41, 5.74) is 1.58. The molecule has 0 fully saturated rings. The Bertz CT molecular complexity index is 413. The van der Waals surface area contributed by atoms with E-state index in [4.69, 9.17) is 11.6 Å². The number of fused-ring (bicyclic) bond motifs is 1. The number of aromatic amines is 1. The zero-order valence-corrected chi connectivity index (χ0v) is 7.62. The number of nitrogens with one attached hydrogen (secondary N) is 1. The van der Waals surface area contributed by atoms with Crippen LogP contribution >= 0.6 is 11.6 Å². The van der Waals surface area contributed by atoms with E-state index in [9.17, 15) is 5.11 Å². The number of hydrogen-bond acceptors (Lipinski definition) is 2. The van der Waals surface area contributed by atoms with Crippen LogP contribution in [0.5, 0.6) is 0 Å². The monoisotopic (exact) mass is 196 g/mol. The average molecular weight is 197 g/mol. The average Bonchev–Trinajstić information content (AvgIpc) is 2.60. The number of hydrogen-bond donors (Lipinski definition) is 2. The summed E-state index contributed by atoms with van der Waals surface area (Å²) in [5, 5.41) is 10.5. The molecule has 68 valence electrons. The van der Waals surface area contributed by atoms with Gasteiger partial charge in [0.1, 0.15) is 5.65 Å². The lowest BCUT2D eigenvalue weighted by atomic mass is 10.1. The topological polar surface area (TPSA) is 48.9 Å². The first-order valence-electron chi connectivity index (χ1n) is 3.99. The van der Waals surface area contributed by atoms with Gasteiger partial charge in [-0.05, 0) is 12.1 Å². The Balaban J connectivity index is 2.57. The first-order chi connectivity index (χ1) is 6.33. The van der Waals surface area contributed by atoms with Crippen LogP contribution in [0.25, 0.3) is 11.0 Å². The SMILES string of the molecule is O[C@H](CCl)c1c[nH]c2ncccc12. The summed E-state index contributed by atoms with van der Waals surface area (Å²) in [6, 6.07) is 3.74. The van der Waals surface area contributed by atoms with E-state index in [-0.39, 0.29) is 5.88 Å². The van der Waals surface area contributed by atoms with E-state index in [0.717, 1.165) is 16.6 Å². The first kappa shape index (κ1) is 8.53. The van der Waals surface area contributed by atoms with Crippen molar-refractivity contribution in [2.24, 2.45) is 0 Å². The van der Waals surface area contributed by atoms with Crippen molar-refractivity contribution in [1.82, 2.24) is 9.97 Å². The molecule has 4 heteroatoms. The fourth-order valence-electron chi connectivity index (χ4n) is 1.34. The second kappa shape index (κ2) is 3.36. The molecule has 2 N–H and O–H groups in total. The lowest BCUT2D eigenvalue weighted by Crippen LogP contribution is -1.96. The second-order valence-corrected chi connectivity index (χ2v) is 3.12. The number of aliphatic hydroxyl groups is 1. The maximum atomic E-state index is 9.54. The van der Waals surface area contributed by atoms with Crippen LogP contribution in [0.1, 0.15) is 11.7 Å². The number of pyridine rings is 1. The minimum absolute atomic E-state index is 0.196. The van der Waals surface area contributed by atoms with Crippen LogP contribution < -0.4 is 0 Å². The molecule has 0 spiro atoms. The van der Waals surface area contributed by atoms with Gasteiger partial charge < -0.3 is 10.1 Å². The van der Waals surface area contributed by atoms with Crippen LogP contribution in [-0.2, 0) is 0 Å². The van der Waals surface area contributed by atoms with Gasteiger partial charge in [0.05, 0.1) is 12.0 Å². The summed E-state index contributed by atoms with van der Waals surface area (Å²) in [6.45, 7) is 0. The molecular formula is C9H9ClN2O. The van der Waals surface area contributed by atoms with Crippen LogP contribution in [0.3, 0.4) is 0 Å². The molecule has 0 radical (unpaired) electrons. The summed E-state index contributed by atoms with van der Waals surface area (Å²) >= 11 is 5.56. The van der Waals surface area contributed by atoms with E-state index in [1.807, 2.05) is 12.1 Å². The van der Waals surface area contributed by atoms with Gasteiger partial charge in [-0.2, -0.15) is 0 Å². The zero-order chi connectivity index (χ0) is 9.26. The van der Waals surface area contributed by atoms with E-state index in [2.05, 4.69) is 9.97 Å². The van der Waals surface area contributed by atoms with Crippen molar-refractivity contribution in [2.45, 2.75) is 6.10 Å². The molecule has 2 rings (SSSR count). The standard InChI is InChI=1S/C9H9ClN2O/c10-4-8(13)7-5-12-9-6(7)2-1-3-11-9/h1-3,5,8,13H,4H2,(H,11,12)/t8-/m1/s1. The molecular weight excluding hydrogens is 188 g/mol. The van der Waals surface area contributed by atoms with Crippen molar-refractivity contribution in [3.63, 3.8) is 0 Å². The van der Waals surface area contributed by atoms with Gasteiger partial charge in [0.2, 0.25) is 0 Å². The molecule has 0 amide bonds. The van der Waals surface area contributed by atoms with Gasteiger partial charge in [-0.15, -0.1) is 11.6 Å². The number of nitrogens with zero attached hydrogens (tertiary/aromatic N) is 1. The molecule has 0 aliphatic carbocycles. The number of aromatic nitrogens is 2. The second-order valence-electron chi connectivity index (χ2n) is 2.81. The Kier molecular flexibility index (Phi) is 2.20. The molecule has 0 aliphatic heterocycles. The van der Waals surface area contributed by atoms with E-state index in [1.54, 1.807) is 12.4 Å². The minimum Gasteiger partial charge on any atom is -0.387 e. The van der Waals surface area contributed by atoms with Crippen LogP contribution in [0, 0.1) is 0 Å². The van der Waals surface area contributed by atoms with Gasteiger partial charge in [0, 0.05) is 23.3 Å². The van der Waals surface area contributed by atoms with Gasteiger partial charge in [-0.1, -0.05) is 0 Å². The third-order valence-electron chi connectivity index (χ3n) is 1.99. The lowest BCUT2D eigenvalue weighted by Gasteiger charge is -2.03. The number of alkyl halides is 1. The predicted octanol–water partition coefficient (Wildman–Crippen LogP) is 1.84. The summed E-state index contributed by atoms with van der Waals surface area (Å²) in [5.74, 6) is 0.196. The molecule has 0 unspecified atom stereocenters. The fourth-order valence-corrected chi connectivity index (χ4v) is 1.50. The smallest absolute Gasteiger partial charge is 0.137 e. The lowest BCUT2D eigenvalue weighted by molar-refractivity contribution is 0.204. The highest BCUT2D eigenvalue weighted by molar-refractivity contribution is 6.18. The van der Waals surface area contributed by atoms with Crippen molar-refractivity contribution in [3.8, 4) is 0 Å². The van der Waals surface area contributed by atoms with Crippen LogP contribution in [0.2, 0.25) is 0 Å². The maximum absolute atomic E-state index is 9.54. The Labute approximate surface area is 80.4 Å². The van der Waals surface area contributed by atoms with E-state index >= 15 is 0 Å². The van der Waals surface area contributed by atoms with Gasteiger partial charge in [0.15, 0.2) is 0 Å². The Morgan fingerprint density at radius 2 is 2.46 bits per heavy atom. The van der Waals surface area contributed by atoms with Crippen molar-refractivity contribution >= 4 is 22.6 Å². The van der Waals surface area contributed by atoms with Crippen molar-refractivity contribution in [2.75, 3.05) is 5.88 Å². The largest absolute Gasteiger partial charge is 0.387 e. The van der Waals surface area contributed by atoms with Crippen LogP contribution in [0.15, 0.2) is 24.5 Å². The third kappa shape index (κ3) is 1.41. The quantitative estimate of drug-likeness (QED) is 0.720. The van der Waals surface area contributed by atoms with Crippen molar-refractivity contribution in [3.05, 3.63) is 30.1 Å². The number of halogens is 1. The van der Waals surface area contributed by atoms with Gasteiger partial charge in [0.25, 0.3) is 0 Å². The number of H-pyrrole nitrogens is 1. The molecule has 0 saturated heterocycles. The molecule has 2 heterocycles. The Hall–Kier alpha value is -1.06. The number of rotatable bonds is 2. The molecule has 3 nitrogen and oxygen atoms in total. The summed E-state index contributed by atoms with van der Waals surface area (Å²) < 4.78 is 0. The fraction of sp³-hybridized carbons (Fsp3) is 0.222. The van der Waals surface area contributed by atoms with E-state index in [0.29, 0.717) is 0 Å². The summed E-state index contributed by atoms with van der Waals surface area (Å²) in [7, 11) is 0. The number of aliphatic hydroxyl groups excluding tert-OH is 1. The third-order valence-corrected chi connectivity index (χ3v) is 2.28. The molecule has 2 aromatic rings. The Morgan fingerprint density at radius 1 is 1.62 bits per heavy atom. The molecule has 13 heavy (non-hydrogen) atoms. The molecule has 0 saturated carbocycles. The van der Waals surface area contributed by atoms with Crippen LogP contribution in [0.4, 0.5) is 0 Å². The Morgan fingerprint density at radius 3 is 3.23 bits per heavy atom. The first-order valence-corrected chi connectivity index (χ1v) is 4.52. The molecule has 0 bridgehead atoms. The summed E-state index contributed by atoms with van der Waals surface area (Å²) in [6.07, 6.45) is 2.82. The highest BCUT2D eigenvalue weighted by atomic mass is 35.5. The van der Waals surface area contributed by atoms with Gasteiger partial charge >= 0.3 is 0 Å². The molecule has 1 atom stereocenters. The minimum atomic E-state index is -0.625. The predicted molar refractivity (Wildman–Crippen MR) is 51.8 cm³/mol. The van der Waals surface area contributed by atoms with Gasteiger partial charge in [-0.25, -0.2) is 4.98 Å². The van der Waals surface area contributed by atoms with E-state index < -0.39 is 6.10 Å². The normalized spacial score (nSPS) is 13.4. The molecule has 0 aromatic carbocycles. The summed E-state index contributed by atoms with van der Waals surface area (Å²) in [4.78, 5) is 7.08. The van der Waals surface area contributed by atoms with E-state index in [1.165, 1.54) is 0 Å². The zero-order valence-electron chi connectivity index (χ0n) is 6.87. The maximum Gasteiger partial charge on any atom is 0.137 e. The molecule has 2 aromatic heterocycles. The van der Waals surface area contributed by atoms with Gasteiger partial charge in [-0.3, -0.25) is 0 Å².